The van der Waals surface area contributed by atoms with Crippen LogP contribution in [-0.4, -0.2) is 48.9 Å². The van der Waals surface area contributed by atoms with Gasteiger partial charge in [0.2, 0.25) is 0 Å². The fourth-order valence-corrected chi connectivity index (χ4v) is 2.05. The van der Waals surface area contributed by atoms with Gasteiger partial charge in [0.1, 0.15) is 0 Å². The monoisotopic (exact) mass is 248 g/mol. The maximum absolute atomic E-state index is 11.3. The van der Waals surface area contributed by atoms with Crippen molar-refractivity contribution in [1.82, 2.24) is 9.91 Å². The Bertz CT molecular complexity index is 439. The Morgan fingerprint density at radius 2 is 1.94 bits per heavy atom. The number of benzene rings is 1. The van der Waals surface area contributed by atoms with E-state index in [9.17, 15) is 4.79 Å². The van der Waals surface area contributed by atoms with E-state index in [0.717, 1.165) is 31.9 Å². The topological polar surface area (TPSA) is 61.6 Å². The van der Waals surface area contributed by atoms with E-state index in [-0.39, 0.29) is 5.78 Å². The zero-order chi connectivity index (χ0) is 13.1. The number of piperazine rings is 1. The first-order valence-electron chi connectivity index (χ1n) is 6.17. The molecule has 1 aliphatic heterocycles. The van der Waals surface area contributed by atoms with E-state index >= 15 is 0 Å². The van der Waals surface area contributed by atoms with Crippen molar-refractivity contribution >= 4 is 17.2 Å². The van der Waals surface area contributed by atoms with Gasteiger partial charge in [-0.25, -0.2) is 5.01 Å². The largest absolute Gasteiger partial charge is 0.398 e. The Kier molecular flexibility index (Phi) is 3.84. The molecule has 1 heterocycles. The molecule has 1 saturated heterocycles. The lowest BCUT2D eigenvalue weighted by atomic mass is 10.1. The van der Waals surface area contributed by atoms with Crippen LogP contribution in [-0.2, 0) is 0 Å². The van der Waals surface area contributed by atoms with Crippen molar-refractivity contribution in [2.75, 3.05) is 44.4 Å². The van der Waals surface area contributed by atoms with Gasteiger partial charge in [0.15, 0.2) is 5.78 Å². The lowest BCUT2D eigenvalue weighted by Crippen LogP contribution is -2.46. The molecule has 0 amide bonds. The molecule has 1 fully saturated rings. The number of nitrogens with two attached hydrogens (primary N) is 1. The number of carbonyl (C=O) groups is 1. The summed E-state index contributed by atoms with van der Waals surface area (Å²) in [6.45, 7) is 5.58. The van der Waals surface area contributed by atoms with Crippen LogP contribution < -0.4 is 11.2 Å². The van der Waals surface area contributed by atoms with Crippen LogP contribution in [0.15, 0.2) is 18.2 Å². The van der Waals surface area contributed by atoms with Crippen LogP contribution in [0.4, 0.5) is 11.4 Å². The molecule has 18 heavy (non-hydrogen) atoms. The van der Waals surface area contributed by atoms with Crippen LogP contribution in [0.1, 0.15) is 17.3 Å². The quantitative estimate of drug-likeness (QED) is 0.618. The number of carbonyl (C=O) groups excluding carboxylic acids is 1. The third-order valence-corrected chi connectivity index (χ3v) is 3.22. The molecule has 1 aromatic carbocycles. The maximum Gasteiger partial charge on any atom is 0.161 e. The Morgan fingerprint density at radius 1 is 1.28 bits per heavy atom. The average molecular weight is 248 g/mol. The van der Waals surface area contributed by atoms with Crippen LogP contribution >= 0.6 is 0 Å². The first-order chi connectivity index (χ1) is 8.56. The molecule has 1 aliphatic rings. The van der Waals surface area contributed by atoms with Crippen LogP contribution in [0.2, 0.25) is 0 Å². The number of Topliss-reactive ketones (excluding diaryl/α,β-unsaturated/α-hetero) is 1. The van der Waals surface area contributed by atoms with E-state index in [1.807, 2.05) is 12.1 Å². The van der Waals surface area contributed by atoms with Crippen molar-refractivity contribution in [2.45, 2.75) is 6.92 Å². The van der Waals surface area contributed by atoms with Crippen LogP contribution in [0, 0.1) is 0 Å². The Hall–Kier alpha value is -1.59. The lowest BCUT2D eigenvalue weighted by molar-refractivity contribution is 0.101. The highest BCUT2D eigenvalue weighted by molar-refractivity contribution is 5.99. The smallest absolute Gasteiger partial charge is 0.161 e. The number of nitrogens with one attached hydrogen (secondary N) is 1. The second-order valence-corrected chi connectivity index (χ2v) is 4.76. The molecule has 5 heteroatoms. The van der Waals surface area contributed by atoms with Crippen LogP contribution in [0.25, 0.3) is 0 Å². The number of nitrogen functional groups attached to an aromatic ring is 1. The summed E-state index contributed by atoms with van der Waals surface area (Å²) in [5.74, 6) is -0.00125. The van der Waals surface area contributed by atoms with Gasteiger partial charge >= 0.3 is 0 Å². The zero-order valence-corrected chi connectivity index (χ0v) is 10.9. The van der Waals surface area contributed by atoms with Gasteiger partial charge < -0.3 is 16.1 Å². The molecule has 0 bridgehead atoms. The fourth-order valence-electron chi connectivity index (χ4n) is 2.05. The number of hydrogen-bond donors (Lipinski definition) is 2. The molecule has 98 valence electrons. The summed E-state index contributed by atoms with van der Waals surface area (Å²) in [6, 6.07) is 5.48. The molecule has 0 aromatic heterocycles. The highest BCUT2D eigenvalue weighted by Gasteiger charge is 2.14. The van der Waals surface area contributed by atoms with E-state index in [2.05, 4.69) is 22.4 Å². The highest BCUT2D eigenvalue weighted by Crippen LogP contribution is 2.19. The first kappa shape index (κ1) is 12.9. The third kappa shape index (κ3) is 3.00. The number of nitrogens with zero attached hydrogens (tertiary/aromatic N) is 2. The number of likely N-dealkylation sites (N-methyl/N-ethyl adjacent to an activating group) is 1. The molecule has 0 atom stereocenters. The predicted octanol–water partition coefficient (Wildman–Crippen LogP) is 1.05. The summed E-state index contributed by atoms with van der Waals surface area (Å²) in [7, 11) is 2.12. The summed E-state index contributed by atoms with van der Waals surface area (Å²) >= 11 is 0. The molecule has 5 nitrogen and oxygen atoms in total. The summed E-state index contributed by atoms with van der Waals surface area (Å²) in [5, 5.41) is 2.17. The summed E-state index contributed by atoms with van der Waals surface area (Å²) in [6.07, 6.45) is 0. The van der Waals surface area contributed by atoms with Crippen LogP contribution in [0.3, 0.4) is 0 Å². The molecule has 0 saturated carbocycles. The van der Waals surface area contributed by atoms with Crippen molar-refractivity contribution in [3.8, 4) is 0 Å². The van der Waals surface area contributed by atoms with Crippen molar-refractivity contribution in [2.24, 2.45) is 0 Å². The molecule has 2 rings (SSSR count). The molecule has 3 N–H and O–H groups in total. The molecule has 0 spiro atoms. The van der Waals surface area contributed by atoms with Gasteiger partial charge in [0.25, 0.3) is 0 Å². The van der Waals surface area contributed by atoms with Crippen molar-refractivity contribution < 1.29 is 4.79 Å². The first-order valence-corrected chi connectivity index (χ1v) is 6.17. The molecular weight excluding hydrogens is 228 g/mol. The molecular formula is C13H20N4O. The number of ketones is 1. The Labute approximate surface area is 108 Å². The second kappa shape index (κ2) is 5.37. The Morgan fingerprint density at radius 3 is 2.50 bits per heavy atom. The van der Waals surface area contributed by atoms with Crippen LogP contribution in [0.5, 0.6) is 0 Å². The average Bonchev–Trinajstić information content (AvgIpc) is 2.32. The summed E-state index contributed by atoms with van der Waals surface area (Å²) in [5.41, 5.74) is 11.2. The van der Waals surface area contributed by atoms with Crippen molar-refractivity contribution in [3.05, 3.63) is 23.8 Å². The third-order valence-electron chi connectivity index (χ3n) is 3.22. The second-order valence-electron chi connectivity index (χ2n) is 4.76. The predicted molar refractivity (Wildman–Crippen MR) is 73.6 cm³/mol. The standard InChI is InChI=1S/C13H20N4O/c1-10(18)12-4-3-11(9-13(12)14)15-17-7-5-16(2)6-8-17/h3-4,9,15H,5-8,14H2,1-2H3. The summed E-state index contributed by atoms with van der Waals surface area (Å²) < 4.78 is 0. The normalized spacial score (nSPS) is 17.7. The van der Waals surface area contributed by atoms with Gasteiger partial charge in [-0.2, -0.15) is 0 Å². The Balaban J connectivity index is 2.02. The molecule has 0 unspecified atom stereocenters. The number of anilines is 2. The van der Waals surface area contributed by atoms with Gasteiger partial charge in [-0.3, -0.25) is 4.79 Å². The van der Waals surface area contributed by atoms with Gasteiger partial charge in [-0.1, -0.05) is 0 Å². The minimum Gasteiger partial charge on any atom is -0.398 e. The lowest BCUT2D eigenvalue weighted by Gasteiger charge is -2.33. The number of hydrazine groups is 1. The molecule has 0 radical (unpaired) electrons. The van der Waals surface area contributed by atoms with Crippen molar-refractivity contribution in [1.29, 1.82) is 0 Å². The number of rotatable bonds is 3. The SMILES string of the molecule is CC(=O)c1ccc(NN2CCN(C)CC2)cc1N. The zero-order valence-electron chi connectivity index (χ0n) is 10.9. The van der Waals surface area contributed by atoms with Gasteiger partial charge in [0.05, 0.1) is 5.69 Å². The van der Waals surface area contributed by atoms with Gasteiger partial charge in [0, 0.05) is 37.4 Å². The van der Waals surface area contributed by atoms with Crippen molar-refractivity contribution in [3.63, 3.8) is 0 Å². The minimum absolute atomic E-state index is 0.00125. The number of hydrogen-bond acceptors (Lipinski definition) is 5. The fraction of sp³-hybridized carbons (Fsp3) is 0.462. The van der Waals surface area contributed by atoms with E-state index in [0.29, 0.717) is 11.3 Å². The maximum atomic E-state index is 11.3. The van der Waals surface area contributed by atoms with E-state index in [1.54, 1.807) is 6.07 Å². The molecule has 0 aliphatic carbocycles. The van der Waals surface area contributed by atoms with Gasteiger partial charge in [-0.05, 0) is 32.2 Å². The summed E-state index contributed by atoms with van der Waals surface area (Å²) in [4.78, 5) is 13.6. The highest BCUT2D eigenvalue weighted by atomic mass is 16.1. The molecule has 1 aromatic rings. The van der Waals surface area contributed by atoms with E-state index in [1.165, 1.54) is 6.92 Å². The van der Waals surface area contributed by atoms with E-state index in [4.69, 9.17) is 5.73 Å². The van der Waals surface area contributed by atoms with Gasteiger partial charge in [-0.15, -0.1) is 0 Å². The minimum atomic E-state index is -0.00125. The van der Waals surface area contributed by atoms with E-state index < -0.39 is 0 Å².